The number of halogens is 3. The number of nitrogens with one attached hydrogen (secondary N) is 2. The molecule has 2 rings (SSSR count). The number of pyridine rings is 1. The van der Waals surface area contributed by atoms with Crippen LogP contribution in [0.25, 0.3) is 0 Å². The number of hydrogen-bond donors (Lipinski definition) is 2. The first-order chi connectivity index (χ1) is 12.8. The molecule has 1 atom stereocenters. The Morgan fingerprint density at radius 3 is 2.48 bits per heavy atom. The number of amides is 1. The Hall–Kier alpha value is -2.36. The molecule has 1 aromatic rings. The number of carbonyl (C=O) groups is 1. The molecule has 150 valence electrons. The van der Waals surface area contributed by atoms with E-state index < -0.39 is 12.2 Å². The topological polar surface area (TPSA) is 72.9 Å². The van der Waals surface area contributed by atoms with E-state index in [-0.39, 0.29) is 5.91 Å². The normalized spacial score (nSPS) is 17.5. The second-order valence-corrected chi connectivity index (χ2v) is 6.21. The maximum Gasteiger partial charge on any atom is 0.403 e. The molecule has 1 aliphatic heterocycles. The molecule has 27 heavy (non-hydrogen) atoms. The van der Waals surface area contributed by atoms with Crippen LogP contribution in [0.5, 0.6) is 0 Å². The summed E-state index contributed by atoms with van der Waals surface area (Å²) in [5.74, 6) is 0.402. The quantitative estimate of drug-likeness (QED) is 0.448. The monoisotopic (exact) mass is 386 g/mol. The lowest BCUT2D eigenvalue weighted by Crippen LogP contribution is -2.57. The van der Waals surface area contributed by atoms with Gasteiger partial charge in [-0.05, 0) is 19.1 Å². The highest BCUT2D eigenvalue weighted by atomic mass is 19.4. The summed E-state index contributed by atoms with van der Waals surface area (Å²) < 4.78 is 38.5. The van der Waals surface area contributed by atoms with Gasteiger partial charge in [-0.15, -0.1) is 0 Å². The number of aromatic nitrogens is 1. The fourth-order valence-electron chi connectivity index (χ4n) is 2.81. The molecule has 0 saturated carbocycles. The highest BCUT2D eigenvalue weighted by Crippen LogP contribution is 2.25. The third-order valence-corrected chi connectivity index (χ3v) is 4.46. The van der Waals surface area contributed by atoms with E-state index in [0.717, 1.165) is 0 Å². The summed E-state index contributed by atoms with van der Waals surface area (Å²) in [6, 6.07) is 1.92. The van der Waals surface area contributed by atoms with E-state index in [1.807, 2.05) is 4.90 Å². The van der Waals surface area contributed by atoms with Crippen LogP contribution < -0.4 is 10.6 Å². The van der Waals surface area contributed by atoms with Crippen LogP contribution in [-0.4, -0.2) is 85.2 Å². The first kappa shape index (κ1) is 20.9. The Labute approximate surface area is 156 Å². The van der Waals surface area contributed by atoms with E-state index >= 15 is 0 Å². The molecule has 2 heterocycles. The molecular weight excluding hydrogens is 361 g/mol. The van der Waals surface area contributed by atoms with Crippen LogP contribution in [0.2, 0.25) is 0 Å². The van der Waals surface area contributed by atoms with Crippen LogP contribution in [0.15, 0.2) is 29.5 Å². The Bertz CT molecular complexity index is 629. The van der Waals surface area contributed by atoms with Gasteiger partial charge in [0.15, 0.2) is 5.96 Å². The first-order valence-corrected chi connectivity index (χ1v) is 8.77. The van der Waals surface area contributed by atoms with Gasteiger partial charge in [0.1, 0.15) is 6.04 Å². The van der Waals surface area contributed by atoms with Gasteiger partial charge in [-0.2, -0.15) is 13.2 Å². The fraction of sp³-hybridized carbons (Fsp3) is 0.588. The molecule has 0 aliphatic carbocycles. The average molecular weight is 386 g/mol. The van der Waals surface area contributed by atoms with Gasteiger partial charge in [0.25, 0.3) is 5.91 Å². The standard InChI is InChI=1S/C17H25F3N6O/c1-13(17(18,19)20)25-8-10-26(11-9-25)16(21-2)24-7-6-23-15(27)14-4-3-5-22-12-14/h3-5,12-13H,6-11H2,1-2H3,(H,21,24)(H,23,27). The number of aliphatic imine (C=N–C) groups is 1. The van der Waals surface area contributed by atoms with Crippen molar-refractivity contribution in [3.63, 3.8) is 0 Å². The summed E-state index contributed by atoms with van der Waals surface area (Å²) in [7, 11) is 1.63. The number of rotatable bonds is 5. The van der Waals surface area contributed by atoms with Crippen molar-refractivity contribution in [2.24, 2.45) is 4.99 Å². The number of alkyl halides is 3. The minimum Gasteiger partial charge on any atom is -0.354 e. The van der Waals surface area contributed by atoms with Crippen molar-refractivity contribution < 1.29 is 18.0 Å². The first-order valence-electron chi connectivity index (χ1n) is 8.77. The van der Waals surface area contributed by atoms with Gasteiger partial charge in [-0.3, -0.25) is 19.7 Å². The van der Waals surface area contributed by atoms with Crippen LogP contribution in [0.1, 0.15) is 17.3 Å². The van der Waals surface area contributed by atoms with E-state index in [9.17, 15) is 18.0 Å². The molecule has 2 N–H and O–H groups in total. The van der Waals surface area contributed by atoms with Gasteiger partial charge in [0.05, 0.1) is 5.56 Å². The van der Waals surface area contributed by atoms with E-state index in [4.69, 9.17) is 0 Å². The zero-order valence-corrected chi connectivity index (χ0v) is 15.5. The molecule has 1 amide bonds. The lowest BCUT2D eigenvalue weighted by molar-refractivity contribution is -0.181. The summed E-state index contributed by atoms with van der Waals surface area (Å²) in [4.78, 5) is 23.3. The van der Waals surface area contributed by atoms with Crippen LogP contribution in [0.3, 0.4) is 0 Å². The zero-order chi connectivity index (χ0) is 19.9. The molecule has 0 radical (unpaired) electrons. The molecule has 1 aliphatic rings. The number of piperazine rings is 1. The van der Waals surface area contributed by atoms with Gasteiger partial charge in [0.2, 0.25) is 0 Å². The molecule has 10 heteroatoms. The highest BCUT2D eigenvalue weighted by Gasteiger charge is 2.41. The molecule has 1 unspecified atom stereocenters. The Morgan fingerprint density at radius 2 is 1.93 bits per heavy atom. The number of hydrogen-bond acceptors (Lipinski definition) is 4. The predicted octanol–water partition coefficient (Wildman–Crippen LogP) is 0.955. The highest BCUT2D eigenvalue weighted by molar-refractivity contribution is 5.93. The second kappa shape index (κ2) is 9.54. The molecule has 7 nitrogen and oxygen atoms in total. The SMILES string of the molecule is CN=C(NCCNC(=O)c1cccnc1)N1CCN(C(C)C(F)(F)F)CC1. The van der Waals surface area contributed by atoms with Crippen LogP contribution in [-0.2, 0) is 0 Å². The minimum absolute atomic E-state index is 0.213. The van der Waals surface area contributed by atoms with Gasteiger partial charge in [-0.1, -0.05) is 0 Å². The van der Waals surface area contributed by atoms with E-state index in [0.29, 0.717) is 50.8 Å². The molecule has 0 aromatic carbocycles. The largest absolute Gasteiger partial charge is 0.403 e. The summed E-state index contributed by atoms with van der Waals surface area (Å²) >= 11 is 0. The zero-order valence-electron chi connectivity index (χ0n) is 15.5. The number of nitrogens with zero attached hydrogens (tertiary/aromatic N) is 4. The smallest absolute Gasteiger partial charge is 0.354 e. The molecular formula is C17H25F3N6O. The molecule has 1 saturated heterocycles. The van der Waals surface area contributed by atoms with Crippen molar-refractivity contribution in [2.45, 2.75) is 19.1 Å². The van der Waals surface area contributed by atoms with Crippen molar-refractivity contribution >= 4 is 11.9 Å². The lowest BCUT2D eigenvalue weighted by atomic mass is 10.2. The van der Waals surface area contributed by atoms with Gasteiger partial charge >= 0.3 is 6.18 Å². The van der Waals surface area contributed by atoms with Gasteiger partial charge in [0, 0.05) is 58.7 Å². The van der Waals surface area contributed by atoms with Crippen LogP contribution >= 0.6 is 0 Å². The Kier molecular flexibility index (Phi) is 7.40. The molecule has 0 spiro atoms. The third-order valence-electron chi connectivity index (χ3n) is 4.46. The van der Waals surface area contributed by atoms with E-state index in [2.05, 4.69) is 20.6 Å². The van der Waals surface area contributed by atoms with Crippen molar-refractivity contribution in [1.82, 2.24) is 25.4 Å². The maximum absolute atomic E-state index is 12.8. The maximum atomic E-state index is 12.8. The average Bonchev–Trinajstić information content (AvgIpc) is 2.67. The van der Waals surface area contributed by atoms with Crippen LogP contribution in [0, 0.1) is 0 Å². The van der Waals surface area contributed by atoms with Crippen molar-refractivity contribution in [1.29, 1.82) is 0 Å². The van der Waals surface area contributed by atoms with Gasteiger partial charge in [-0.25, -0.2) is 0 Å². The third kappa shape index (κ3) is 6.09. The number of carbonyl (C=O) groups excluding carboxylic acids is 1. The summed E-state index contributed by atoms with van der Waals surface area (Å²) in [6.07, 6.45) is -1.13. The van der Waals surface area contributed by atoms with Gasteiger partial charge < -0.3 is 15.5 Å². The minimum atomic E-state index is -4.21. The fourth-order valence-corrected chi connectivity index (χ4v) is 2.81. The molecule has 1 fully saturated rings. The van der Waals surface area contributed by atoms with E-state index in [1.165, 1.54) is 18.0 Å². The summed E-state index contributed by atoms with van der Waals surface area (Å²) in [5, 5.41) is 5.90. The predicted molar refractivity (Wildman–Crippen MR) is 96.6 cm³/mol. The van der Waals surface area contributed by atoms with E-state index in [1.54, 1.807) is 25.4 Å². The van der Waals surface area contributed by atoms with Crippen molar-refractivity contribution in [2.75, 3.05) is 46.3 Å². The second-order valence-electron chi connectivity index (χ2n) is 6.21. The summed E-state index contributed by atoms with van der Waals surface area (Å²) in [6.45, 7) is 3.59. The summed E-state index contributed by atoms with van der Waals surface area (Å²) in [5.41, 5.74) is 0.483. The van der Waals surface area contributed by atoms with Crippen molar-refractivity contribution in [3.8, 4) is 0 Å². The molecule has 0 bridgehead atoms. The lowest BCUT2D eigenvalue weighted by Gasteiger charge is -2.39. The van der Waals surface area contributed by atoms with Crippen LogP contribution in [0.4, 0.5) is 13.2 Å². The Balaban J connectivity index is 1.73. The Morgan fingerprint density at radius 1 is 1.26 bits per heavy atom. The molecule has 1 aromatic heterocycles. The number of guanidine groups is 1. The van der Waals surface area contributed by atoms with Crippen molar-refractivity contribution in [3.05, 3.63) is 30.1 Å².